The van der Waals surface area contributed by atoms with Crippen molar-refractivity contribution in [3.63, 3.8) is 0 Å². The van der Waals surface area contributed by atoms with E-state index >= 15 is 0 Å². The standard InChI is InChI=1S/C65H67N5O13/c1-5-6-7-8-9-10-11-12-13-14-15-18-31-81-57-20-17-16-19-54(57)68-59(71)45-27-30-55(56(39-45)70(79)80)69-62(74)53(58(83-69)65(2,3)4)40-82-52-37-48(60(72)66-50-28-25-41-32-46(63(75)76)23-21-43(41)35-50)34-49(38-52)61(73)67-51-29-26-42-33-47(64(77)78)24-22-44(42)36-51/h16-17,19-30,32-39H,5-15,18,31,40H2,1-4H3,(H,66,72)(H,67,73)(H,68,71)(H,75,76)(H,77,78). The summed E-state index contributed by atoms with van der Waals surface area (Å²) in [6.45, 7) is 7.50. The largest absolute Gasteiger partial charge is 0.491 e. The van der Waals surface area contributed by atoms with Crippen LogP contribution in [0.1, 0.15) is 168 Å². The molecule has 0 saturated heterocycles. The van der Waals surface area contributed by atoms with Gasteiger partial charge in [-0.1, -0.05) is 135 Å². The van der Waals surface area contributed by atoms with E-state index in [1.54, 1.807) is 93.6 Å². The predicted octanol–water partition coefficient (Wildman–Crippen LogP) is 14.8. The molecular weight excluding hydrogens is 1060 g/mol. The maximum atomic E-state index is 14.5. The summed E-state index contributed by atoms with van der Waals surface area (Å²) in [6, 6.07) is 33.7. The molecule has 3 amide bonds. The number of nitrogens with zero attached hydrogens (tertiary/aromatic N) is 2. The van der Waals surface area contributed by atoms with E-state index in [9.17, 15) is 49.1 Å². The van der Waals surface area contributed by atoms with Crippen LogP contribution in [0.5, 0.6) is 11.5 Å². The van der Waals surface area contributed by atoms with E-state index < -0.39 is 57.9 Å². The van der Waals surface area contributed by atoms with E-state index in [1.165, 1.54) is 112 Å². The molecule has 430 valence electrons. The molecule has 0 fully saturated rings. The topological polar surface area (TPSA) is 259 Å². The second kappa shape index (κ2) is 27.3. The van der Waals surface area contributed by atoms with E-state index in [2.05, 4.69) is 22.9 Å². The van der Waals surface area contributed by atoms with Gasteiger partial charge in [0.05, 0.1) is 33.9 Å². The Morgan fingerprint density at radius 3 is 1.59 bits per heavy atom. The van der Waals surface area contributed by atoms with E-state index in [-0.39, 0.29) is 50.6 Å². The highest BCUT2D eigenvalue weighted by molar-refractivity contribution is 6.10. The zero-order chi connectivity index (χ0) is 59.2. The Morgan fingerprint density at radius 1 is 0.566 bits per heavy atom. The maximum Gasteiger partial charge on any atom is 0.335 e. The van der Waals surface area contributed by atoms with Gasteiger partial charge in [-0.05, 0) is 119 Å². The molecule has 0 unspecified atom stereocenters. The molecule has 1 aromatic heterocycles. The summed E-state index contributed by atoms with van der Waals surface area (Å²) < 4.78 is 19.3. The molecule has 0 spiro atoms. The molecule has 0 aliphatic rings. The number of fused-ring (bicyclic) bond motifs is 2. The summed E-state index contributed by atoms with van der Waals surface area (Å²) in [5.41, 5.74) is -1.40. The lowest BCUT2D eigenvalue weighted by molar-refractivity contribution is -0.384. The summed E-state index contributed by atoms with van der Waals surface area (Å²) in [4.78, 5) is 91.6. The van der Waals surface area contributed by atoms with Crippen molar-refractivity contribution in [2.45, 2.75) is 117 Å². The lowest BCUT2D eigenvalue weighted by Crippen LogP contribution is -2.21. The zero-order valence-electron chi connectivity index (χ0n) is 46.9. The van der Waals surface area contributed by atoms with E-state index in [1.807, 2.05) is 0 Å². The van der Waals surface area contributed by atoms with Gasteiger partial charge in [-0.25, -0.2) is 9.59 Å². The van der Waals surface area contributed by atoms with Crippen LogP contribution in [-0.2, 0) is 12.0 Å². The fourth-order valence-electron chi connectivity index (χ4n) is 9.70. The van der Waals surface area contributed by atoms with E-state index in [0.29, 0.717) is 51.0 Å². The molecule has 18 heteroatoms. The number of carboxylic acid groups (broad SMARTS) is 2. The van der Waals surface area contributed by atoms with Crippen LogP contribution in [0.4, 0.5) is 22.7 Å². The minimum Gasteiger partial charge on any atom is -0.491 e. The number of unbranched alkanes of at least 4 members (excludes halogenated alkanes) is 11. The quantitative estimate of drug-likeness (QED) is 0.0183. The van der Waals surface area contributed by atoms with Crippen molar-refractivity contribution in [1.29, 1.82) is 0 Å². The molecule has 18 nitrogen and oxygen atoms in total. The van der Waals surface area contributed by atoms with Crippen LogP contribution in [0.25, 0.3) is 27.2 Å². The third-order valence-electron chi connectivity index (χ3n) is 14.1. The summed E-state index contributed by atoms with van der Waals surface area (Å²) in [5.74, 6) is -3.58. The van der Waals surface area contributed by atoms with Crippen LogP contribution in [0.3, 0.4) is 0 Å². The lowest BCUT2D eigenvalue weighted by atomic mass is 9.91. The number of aromatic nitrogens is 1. The van der Waals surface area contributed by atoms with Crippen LogP contribution in [-0.4, -0.2) is 56.1 Å². The number of benzene rings is 7. The Hall–Kier alpha value is -9.58. The van der Waals surface area contributed by atoms with Crippen molar-refractivity contribution >= 4 is 74.0 Å². The second-order valence-corrected chi connectivity index (χ2v) is 21.5. The average Bonchev–Trinajstić information content (AvgIpc) is 3.32. The SMILES string of the molecule is CCCCCCCCCCCCCCOc1ccccc1NC(=O)c1ccc(-n2oc(C(C)(C)C)c(COc3cc(C(=O)Nc4ccc5cc(C(=O)O)ccc5c4)cc(C(=O)Nc4ccc5cc(C(=O)O)ccc5c4)c3)c2=O)c([N+](=O)[O-])c1. The molecule has 0 aliphatic carbocycles. The number of nitro groups is 1. The monoisotopic (exact) mass is 1130 g/mol. The zero-order valence-corrected chi connectivity index (χ0v) is 46.9. The first-order valence-corrected chi connectivity index (χ1v) is 27.9. The fraction of sp³-hybridized carbons (Fsp3) is 0.292. The number of aromatic carboxylic acids is 2. The molecule has 5 N–H and O–H groups in total. The van der Waals surface area contributed by atoms with E-state index in [0.717, 1.165) is 30.1 Å². The van der Waals surface area contributed by atoms with Crippen LogP contribution < -0.4 is 31.0 Å². The van der Waals surface area contributed by atoms with E-state index in [4.69, 9.17) is 14.0 Å². The van der Waals surface area contributed by atoms with Gasteiger partial charge in [0.2, 0.25) is 0 Å². The molecule has 8 aromatic rings. The van der Waals surface area contributed by atoms with Gasteiger partial charge in [0.1, 0.15) is 18.1 Å². The second-order valence-electron chi connectivity index (χ2n) is 21.5. The van der Waals surface area contributed by atoms with Gasteiger partial charge >= 0.3 is 11.9 Å². The number of hydrogen-bond donors (Lipinski definition) is 5. The number of amides is 3. The first kappa shape index (κ1) is 59.5. The number of nitrogens with one attached hydrogen (secondary N) is 3. The van der Waals surface area contributed by atoms with Gasteiger partial charge in [-0.3, -0.25) is 29.3 Å². The number of para-hydroxylation sites is 2. The number of anilines is 3. The van der Waals surface area contributed by atoms with Gasteiger partial charge in [0.15, 0.2) is 11.4 Å². The minimum absolute atomic E-state index is 0.0214. The fourth-order valence-corrected chi connectivity index (χ4v) is 9.70. The molecule has 0 bridgehead atoms. The first-order chi connectivity index (χ1) is 39.9. The van der Waals surface area contributed by atoms with Crippen LogP contribution in [0.2, 0.25) is 0 Å². The van der Waals surface area contributed by atoms with Gasteiger partial charge in [0, 0.05) is 39.5 Å². The first-order valence-electron chi connectivity index (χ1n) is 27.9. The maximum absolute atomic E-state index is 14.5. The van der Waals surface area contributed by atoms with Gasteiger partial charge < -0.3 is 40.2 Å². The Kier molecular flexibility index (Phi) is 19.6. The number of ether oxygens (including phenoxy) is 2. The van der Waals surface area contributed by atoms with Crippen molar-refractivity contribution in [2.24, 2.45) is 0 Å². The van der Waals surface area contributed by atoms with Gasteiger partial charge in [-0.2, -0.15) is 0 Å². The molecule has 0 aliphatic heterocycles. The smallest absolute Gasteiger partial charge is 0.335 e. The van der Waals surface area contributed by atoms with Crippen molar-refractivity contribution < 1.29 is 53.1 Å². The molecule has 0 atom stereocenters. The van der Waals surface area contributed by atoms with Crippen molar-refractivity contribution in [3.8, 4) is 17.2 Å². The van der Waals surface area contributed by atoms with Gasteiger partial charge in [-0.15, -0.1) is 4.74 Å². The Bertz CT molecular complexity index is 3650. The Labute approximate surface area is 479 Å². The predicted molar refractivity (Wildman–Crippen MR) is 319 cm³/mol. The van der Waals surface area contributed by atoms with Gasteiger partial charge in [0.25, 0.3) is 29.0 Å². The average molecular weight is 1130 g/mol. The summed E-state index contributed by atoms with van der Waals surface area (Å²) in [6.07, 6.45) is 14.5. The highest BCUT2D eigenvalue weighted by Crippen LogP contribution is 2.33. The normalized spacial score (nSPS) is 11.3. The lowest BCUT2D eigenvalue weighted by Gasteiger charge is -2.16. The van der Waals surface area contributed by atoms with Crippen molar-refractivity contribution in [3.05, 3.63) is 193 Å². The number of carbonyl (C=O) groups excluding carboxylic acids is 3. The van der Waals surface area contributed by atoms with Crippen LogP contribution in [0.15, 0.2) is 143 Å². The third-order valence-corrected chi connectivity index (χ3v) is 14.1. The van der Waals surface area contributed by atoms with Crippen LogP contribution >= 0.6 is 0 Å². The Balaban J connectivity index is 1.00. The third kappa shape index (κ3) is 15.5. The molecule has 0 saturated carbocycles. The number of carbonyl (C=O) groups is 5. The Morgan fingerprint density at radius 2 is 1.06 bits per heavy atom. The number of hydrogen-bond acceptors (Lipinski definition) is 11. The highest BCUT2D eigenvalue weighted by Gasteiger charge is 2.32. The molecule has 1 heterocycles. The minimum atomic E-state index is -1.09. The number of rotatable bonds is 27. The molecule has 7 aromatic carbocycles. The summed E-state index contributed by atoms with van der Waals surface area (Å²) in [5, 5.41) is 42.7. The number of nitro benzene ring substituents is 1. The molecular formula is C65H67N5O13. The number of carboxylic acids is 2. The van der Waals surface area contributed by atoms with Crippen LogP contribution in [0, 0.1) is 10.1 Å². The summed E-state index contributed by atoms with van der Waals surface area (Å²) >= 11 is 0. The van der Waals surface area contributed by atoms with Crippen molar-refractivity contribution in [2.75, 3.05) is 22.6 Å². The summed E-state index contributed by atoms with van der Waals surface area (Å²) in [7, 11) is 0. The molecule has 0 radical (unpaired) electrons. The highest BCUT2D eigenvalue weighted by atomic mass is 16.6. The molecule has 8 rings (SSSR count). The van der Waals surface area contributed by atoms with Crippen molar-refractivity contribution in [1.82, 2.24) is 4.74 Å². The molecule has 83 heavy (non-hydrogen) atoms.